The molecule has 4 heteroatoms. The summed E-state index contributed by atoms with van der Waals surface area (Å²) in [6.45, 7) is 7.20. The molecule has 4 nitrogen and oxygen atoms in total. The predicted octanol–water partition coefficient (Wildman–Crippen LogP) is 2.86. The molecule has 0 spiro atoms. The SMILES string of the molecule is CCCCN1CCC(N2C(=O)c3cccc(C)c3C2=O)CC1. The molecule has 1 saturated heterocycles. The monoisotopic (exact) mass is 300 g/mol. The molecule has 0 aliphatic carbocycles. The molecule has 0 unspecified atom stereocenters. The molecule has 0 aromatic heterocycles. The van der Waals surface area contributed by atoms with Crippen molar-refractivity contribution in [3.63, 3.8) is 0 Å². The van der Waals surface area contributed by atoms with Crippen molar-refractivity contribution in [3.8, 4) is 0 Å². The van der Waals surface area contributed by atoms with Crippen molar-refractivity contribution in [2.75, 3.05) is 19.6 Å². The van der Waals surface area contributed by atoms with E-state index in [0.717, 1.165) is 38.0 Å². The third-order valence-electron chi connectivity index (χ3n) is 4.90. The van der Waals surface area contributed by atoms with Gasteiger partial charge in [0, 0.05) is 19.1 Å². The fraction of sp³-hybridized carbons (Fsp3) is 0.556. The topological polar surface area (TPSA) is 40.6 Å². The lowest BCUT2D eigenvalue weighted by atomic mass is 10.0. The Morgan fingerprint density at radius 2 is 1.86 bits per heavy atom. The third-order valence-corrected chi connectivity index (χ3v) is 4.90. The van der Waals surface area contributed by atoms with Crippen LogP contribution >= 0.6 is 0 Å². The van der Waals surface area contributed by atoms with Crippen LogP contribution in [0.3, 0.4) is 0 Å². The van der Waals surface area contributed by atoms with Gasteiger partial charge in [-0.1, -0.05) is 25.5 Å². The first-order valence-electron chi connectivity index (χ1n) is 8.33. The van der Waals surface area contributed by atoms with Crippen LogP contribution in [0.5, 0.6) is 0 Å². The fourth-order valence-corrected chi connectivity index (χ4v) is 3.59. The molecule has 118 valence electrons. The zero-order valence-corrected chi connectivity index (χ0v) is 13.5. The van der Waals surface area contributed by atoms with Crippen molar-refractivity contribution in [1.29, 1.82) is 0 Å². The maximum atomic E-state index is 12.7. The zero-order valence-electron chi connectivity index (χ0n) is 13.5. The first kappa shape index (κ1) is 15.2. The van der Waals surface area contributed by atoms with Crippen LogP contribution in [0.4, 0.5) is 0 Å². The minimum absolute atomic E-state index is 0.0599. The van der Waals surface area contributed by atoms with Crippen molar-refractivity contribution in [3.05, 3.63) is 34.9 Å². The third kappa shape index (κ3) is 2.56. The van der Waals surface area contributed by atoms with Crippen LogP contribution in [0, 0.1) is 6.92 Å². The molecule has 1 aromatic carbocycles. The summed E-state index contributed by atoms with van der Waals surface area (Å²) in [5.41, 5.74) is 2.10. The average molecular weight is 300 g/mol. The Morgan fingerprint density at radius 1 is 1.14 bits per heavy atom. The molecule has 0 bridgehead atoms. The number of fused-ring (bicyclic) bond motifs is 1. The molecule has 3 rings (SSSR count). The van der Waals surface area contributed by atoms with E-state index in [-0.39, 0.29) is 17.9 Å². The predicted molar refractivity (Wildman–Crippen MR) is 86.0 cm³/mol. The Balaban J connectivity index is 1.72. The maximum absolute atomic E-state index is 12.7. The second-order valence-electron chi connectivity index (χ2n) is 6.40. The highest BCUT2D eigenvalue weighted by molar-refractivity contribution is 6.22. The van der Waals surface area contributed by atoms with E-state index in [9.17, 15) is 9.59 Å². The maximum Gasteiger partial charge on any atom is 0.262 e. The van der Waals surface area contributed by atoms with Gasteiger partial charge >= 0.3 is 0 Å². The fourth-order valence-electron chi connectivity index (χ4n) is 3.59. The van der Waals surface area contributed by atoms with Crippen LogP contribution in [-0.4, -0.2) is 47.3 Å². The molecular formula is C18H24N2O2. The summed E-state index contributed by atoms with van der Waals surface area (Å²) >= 11 is 0. The quantitative estimate of drug-likeness (QED) is 0.803. The van der Waals surface area contributed by atoms with Gasteiger partial charge in [-0.15, -0.1) is 0 Å². The number of likely N-dealkylation sites (tertiary alicyclic amines) is 1. The van der Waals surface area contributed by atoms with E-state index in [1.807, 2.05) is 19.1 Å². The standard InChI is InChI=1S/C18H24N2O2/c1-3-4-10-19-11-8-14(9-12-19)20-17(21)15-7-5-6-13(2)16(15)18(20)22/h5-7,14H,3-4,8-12H2,1-2H3. The first-order valence-corrected chi connectivity index (χ1v) is 8.33. The number of nitrogens with zero attached hydrogens (tertiary/aromatic N) is 2. The molecule has 0 radical (unpaired) electrons. The Labute approximate surface area is 132 Å². The molecule has 1 aromatic rings. The van der Waals surface area contributed by atoms with E-state index < -0.39 is 0 Å². The highest BCUT2D eigenvalue weighted by Gasteiger charge is 2.41. The van der Waals surface area contributed by atoms with Crippen molar-refractivity contribution < 1.29 is 9.59 Å². The van der Waals surface area contributed by atoms with Gasteiger partial charge in [-0.25, -0.2) is 0 Å². The highest BCUT2D eigenvalue weighted by atomic mass is 16.2. The number of benzene rings is 1. The summed E-state index contributed by atoms with van der Waals surface area (Å²) in [6.07, 6.45) is 4.22. The van der Waals surface area contributed by atoms with Gasteiger partial charge in [0.05, 0.1) is 11.1 Å². The number of unbranched alkanes of at least 4 members (excludes halogenated alkanes) is 1. The van der Waals surface area contributed by atoms with Crippen LogP contribution in [0.25, 0.3) is 0 Å². The zero-order chi connectivity index (χ0) is 15.7. The molecule has 2 aliphatic rings. The number of piperidine rings is 1. The Kier molecular flexibility index (Phi) is 4.30. The summed E-state index contributed by atoms with van der Waals surface area (Å²) in [5, 5.41) is 0. The van der Waals surface area contributed by atoms with Gasteiger partial charge in [0.1, 0.15) is 0 Å². The van der Waals surface area contributed by atoms with E-state index in [1.165, 1.54) is 17.7 Å². The van der Waals surface area contributed by atoms with E-state index in [0.29, 0.717) is 11.1 Å². The number of imide groups is 1. The lowest BCUT2D eigenvalue weighted by Crippen LogP contribution is -2.47. The summed E-state index contributed by atoms with van der Waals surface area (Å²) in [6, 6.07) is 5.60. The number of hydrogen-bond donors (Lipinski definition) is 0. The van der Waals surface area contributed by atoms with Crippen LogP contribution in [0.1, 0.15) is 58.9 Å². The van der Waals surface area contributed by atoms with Gasteiger partial charge in [-0.2, -0.15) is 0 Å². The minimum atomic E-state index is -0.101. The number of carbonyl (C=O) groups is 2. The second kappa shape index (κ2) is 6.21. The molecule has 0 N–H and O–H groups in total. The van der Waals surface area contributed by atoms with Gasteiger partial charge in [0.15, 0.2) is 0 Å². The van der Waals surface area contributed by atoms with E-state index >= 15 is 0 Å². The summed E-state index contributed by atoms with van der Waals surface area (Å²) < 4.78 is 0. The molecule has 2 heterocycles. The smallest absolute Gasteiger partial charge is 0.262 e. The summed E-state index contributed by atoms with van der Waals surface area (Å²) in [4.78, 5) is 29.2. The lowest BCUT2D eigenvalue weighted by molar-refractivity contribution is 0.0502. The molecule has 0 atom stereocenters. The van der Waals surface area contributed by atoms with Crippen molar-refractivity contribution in [2.45, 2.75) is 45.6 Å². The molecule has 2 aliphatic heterocycles. The Bertz CT molecular complexity index is 589. The highest BCUT2D eigenvalue weighted by Crippen LogP contribution is 2.30. The van der Waals surface area contributed by atoms with Crippen molar-refractivity contribution >= 4 is 11.8 Å². The van der Waals surface area contributed by atoms with Crippen molar-refractivity contribution in [2.24, 2.45) is 0 Å². The Morgan fingerprint density at radius 3 is 2.50 bits per heavy atom. The van der Waals surface area contributed by atoms with Crippen LogP contribution in [0.2, 0.25) is 0 Å². The van der Waals surface area contributed by atoms with E-state index in [2.05, 4.69) is 11.8 Å². The second-order valence-corrected chi connectivity index (χ2v) is 6.40. The number of aryl methyl sites for hydroxylation is 1. The summed E-state index contributed by atoms with van der Waals surface area (Å²) in [5.74, 6) is -0.194. The van der Waals surface area contributed by atoms with Gasteiger partial charge in [-0.05, 0) is 44.4 Å². The van der Waals surface area contributed by atoms with Gasteiger partial charge in [0.25, 0.3) is 11.8 Å². The number of rotatable bonds is 4. The molecule has 22 heavy (non-hydrogen) atoms. The van der Waals surface area contributed by atoms with E-state index in [1.54, 1.807) is 6.07 Å². The number of carbonyl (C=O) groups excluding carboxylic acids is 2. The number of hydrogen-bond acceptors (Lipinski definition) is 3. The first-order chi connectivity index (χ1) is 10.6. The van der Waals surface area contributed by atoms with Crippen LogP contribution < -0.4 is 0 Å². The van der Waals surface area contributed by atoms with E-state index in [4.69, 9.17) is 0 Å². The normalized spacial score (nSPS) is 19.8. The molecular weight excluding hydrogens is 276 g/mol. The average Bonchev–Trinajstić information content (AvgIpc) is 2.78. The molecule has 2 amide bonds. The van der Waals surface area contributed by atoms with Crippen molar-refractivity contribution in [1.82, 2.24) is 9.80 Å². The number of amides is 2. The summed E-state index contributed by atoms with van der Waals surface area (Å²) in [7, 11) is 0. The van der Waals surface area contributed by atoms with Gasteiger partial charge in [0.2, 0.25) is 0 Å². The lowest BCUT2D eigenvalue weighted by Gasteiger charge is -2.35. The molecule has 0 saturated carbocycles. The van der Waals surface area contributed by atoms with Crippen LogP contribution in [0.15, 0.2) is 18.2 Å². The minimum Gasteiger partial charge on any atom is -0.303 e. The largest absolute Gasteiger partial charge is 0.303 e. The van der Waals surface area contributed by atoms with Gasteiger partial charge < -0.3 is 4.90 Å². The van der Waals surface area contributed by atoms with Crippen LogP contribution in [-0.2, 0) is 0 Å². The van der Waals surface area contributed by atoms with Gasteiger partial charge in [-0.3, -0.25) is 14.5 Å². The molecule has 1 fully saturated rings. The Hall–Kier alpha value is -1.68.